The van der Waals surface area contributed by atoms with Gasteiger partial charge in [-0.25, -0.2) is 4.79 Å². The lowest BCUT2D eigenvalue weighted by molar-refractivity contribution is 0.0589. The Morgan fingerprint density at radius 1 is 1.04 bits per heavy atom. The number of halogens is 1. The molecule has 47 heavy (non-hydrogen) atoms. The van der Waals surface area contributed by atoms with E-state index in [2.05, 4.69) is 6.07 Å². The van der Waals surface area contributed by atoms with Gasteiger partial charge >= 0.3 is 5.97 Å². The maximum absolute atomic E-state index is 13.0. The molecule has 0 fully saturated rings. The molecule has 1 aliphatic rings. The van der Waals surface area contributed by atoms with Gasteiger partial charge in [-0.05, 0) is 80.0 Å². The number of aromatic hydroxyl groups is 1. The van der Waals surface area contributed by atoms with Gasteiger partial charge in [0.05, 0.1) is 29.0 Å². The van der Waals surface area contributed by atoms with E-state index in [-0.39, 0.29) is 6.61 Å². The van der Waals surface area contributed by atoms with Crippen molar-refractivity contribution in [1.82, 2.24) is 24.1 Å². The molecule has 0 atom stereocenters. The molecule has 0 unspecified atom stereocenters. The van der Waals surface area contributed by atoms with E-state index in [4.69, 9.17) is 26.5 Å². The summed E-state index contributed by atoms with van der Waals surface area (Å²) in [6, 6.07) is 9.79. The lowest BCUT2D eigenvalue weighted by Gasteiger charge is -2.11. The minimum atomic E-state index is -0.420. The summed E-state index contributed by atoms with van der Waals surface area (Å²) in [6.07, 6.45) is 4.31. The Balaban J connectivity index is 1.25. The van der Waals surface area contributed by atoms with Crippen molar-refractivity contribution in [3.63, 3.8) is 0 Å². The van der Waals surface area contributed by atoms with Gasteiger partial charge < -0.3 is 19.5 Å². The van der Waals surface area contributed by atoms with Crippen LogP contribution in [0, 0.1) is 6.92 Å². The van der Waals surface area contributed by atoms with Gasteiger partial charge in [-0.3, -0.25) is 9.36 Å². The SMILES string of the molecule is COC(=O)c1c(CCCO)c2ccc(Cl)c(-c3c(CSCc4cc(CSc5cc(O)cc6c5CCC6)n(C)n4)nn(C)c3C)c2n1C. The van der Waals surface area contributed by atoms with Gasteiger partial charge in [0.1, 0.15) is 11.4 Å². The Morgan fingerprint density at radius 2 is 1.85 bits per heavy atom. The van der Waals surface area contributed by atoms with Gasteiger partial charge in [-0.1, -0.05) is 17.7 Å². The lowest BCUT2D eigenvalue weighted by atomic mass is 9.98. The number of carbonyl (C=O) groups excluding carboxylic acids is 1. The Kier molecular flexibility index (Phi) is 9.98. The zero-order chi connectivity index (χ0) is 33.4. The zero-order valence-electron chi connectivity index (χ0n) is 27.4. The molecule has 1 aliphatic carbocycles. The van der Waals surface area contributed by atoms with Crippen LogP contribution in [0.2, 0.25) is 5.02 Å². The average molecular weight is 694 g/mol. The van der Waals surface area contributed by atoms with E-state index in [1.165, 1.54) is 23.1 Å². The summed E-state index contributed by atoms with van der Waals surface area (Å²) in [5, 5.41) is 31.0. The number of fused-ring (bicyclic) bond motifs is 2. The molecule has 248 valence electrons. The number of methoxy groups -OCH3 is 1. The molecular weight excluding hydrogens is 654 g/mol. The zero-order valence-corrected chi connectivity index (χ0v) is 29.8. The van der Waals surface area contributed by atoms with Gasteiger partial charge in [0, 0.05) is 77.8 Å². The molecule has 2 N–H and O–H groups in total. The van der Waals surface area contributed by atoms with E-state index in [1.807, 2.05) is 66.3 Å². The first-order chi connectivity index (χ1) is 22.6. The number of nitrogens with zero attached hydrogens (tertiary/aromatic N) is 5. The topological polar surface area (TPSA) is 107 Å². The largest absolute Gasteiger partial charge is 0.508 e. The van der Waals surface area contributed by atoms with Crippen LogP contribution in [-0.2, 0) is 62.4 Å². The van der Waals surface area contributed by atoms with Crippen LogP contribution in [0.1, 0.15) is 62.8 Å². The quantitative estimate of drug-likeness (QED) is 0.107. The maximum atomic E-state index is 13.0. The van der Waals surface area contributed by atoms with E-state index < -0.39 is 5.97 Å². The summed E-state index contributed by atoms with van der Waals surface area (Å²) in [4.78, 5) is 14.1. The number of phenolic OH excluding ortho intramolecular Hbond substituents is 1. The Bertz CT molecular complexity index is 1980. The molecule has 12 heteroatoms. The highest BCUT2D eigenvalue weighted by Crippen LogP contribution is 2.43. The number of hydrogen-bond donors (Lipinski definition) is 2. The van der Waals surface area contributed by atoms with Gasteiger partial charge in [-0.15, -0.1) is 23.5 Å². The van der Waals surface area contributed by atoms with Crippen LogP contribution < -0.4 is 0 Å². The monoisotopic (exact) mass is 693 g/mol. The van der Waals surface area contributed by atoms with Crippen LogP contribution in [0.25, 0.3) is 22.0 Å². The summed E-state index contributed by atoms with van der Waals surface area (Å²) < 4.78 is 10.9. The van der Waals surface area contributed by atoms with Crippen molar-refractivity contribution in [2.24, 2.45) is 21.1 Å². The van der Waals surface area contributed by atoms with Gasteiger partial charge in [0.25, 0.3) is 0 Å². The fourth-order valence-corrected chi connectivity index (χ4v) is 9.05. The number of hydrogen-bond acceptors (Lipinski definition) is 8. The third-order valence-electron chi connectivity index (χ3n) is 9.08. The number of aryl methyl sites for hydroxylation is 5. The van der Waals surface area contributed by atoms with Gasteiger partial charge in [0.2, 0.25) is 0 Å². The highest BCUT2D eigenvalue weighted by atomic mass is 35.5. The number of esters is 1. The summed E-state index contributed by atoms with van der Waals surface area (Å²) in [6.45, 7) is 2.06. The fourth-order valence-electron chi connectivity index (χ4n) is 6.77. The van der Waals surface area contributed by atoms with Crippen molar-refractivity contribution in [3.8, 4) is 16.9 Å². The molecule has 0 amide bonds. The van der Waals surface area contributed by atoms with Crippen LogP contribution >= 0.6 is 35.1 Å². The van der Waals surface area contributed by atoms with Gasteiger partial charge in [0.15, 0.2) is 0 Å². The smallest absolute Gasteiger partial charge is 0.354 e. The molecule has 0 aliphatic heterocycles. The molecule has 0 spiro atoms. The first kappa shape index (κ1) is 33.5. The van der Waals surface area contributed by atoms with Crippen molar-refractivity contribution < 1.29 is 19.7 Å². The number of aromatic nitrogens is 5. The van der Waals surface area contributed by atoms with E-state index >= 15 is 0 Å². The van der Waals surface area contributed by atoms with Crippen molar-refractivity contribution >= 4 is 52.0 Å². The normalized spacial score (nSPS) is 12.7. The molecule has 9 nitrogen and oxygen atoms in total. The van der Waals surface area contributed by atoms with E-state index in [9.17, 15) is 15.0 Å². The van der Waals surface area contributed by atoms with Crippen LogP contribution in [0.4, 0.5) is 0 Å². The molecule has 0 saturated carbocycles. The molecule has 0 bridgehead atoms. The van der Waals surface area contributed by atoms with Crippen LogP contribution in [0.3, 0.4) is 0 Å². The first-order valence-corrected chi connectivity index (χ1v) is 18.2. The van der Waals surface area contributed by atoms with E-state index in [0.29, 0.717) is 35.1 Å². The van der Waals surface area contributed by atoms with Crippen molar-refractivity contribution in [3.05, 3.63) is 80.5 Å². The highest BCUT2D eigenvalue weighted by molar-refractivity contribution is 7.98. The predicted octanol–water partition coefficient (Wildman–Crippen LogP) is 6.91. The molecule has 2 aromatic carbocycles. The second kappa shape index (κ2) is 14.0. The Morgan fingerprint density at radius 3 is 2.62 bits per heavy atom. The molecule has 6 rings (SSSR count). The van der Waals surface area contributed by atoms with E-state index in [1.54, 1.807) is 23.5 Å². The number of aliphatic hydroxyl groups excluding tert-OH is 1. The number of benzene rings is 2. The second-order valence-electron chi connectivity index (χ2n) is 12.0. The molecule has 0 radical (unpaired) electrons. The van der Waals surface area contributed by atoms with Crippen LogP contribution in [0.15, 0.2) is 35.2 Å². The summed E-state index contributed by atoms with van der Waals surface area (Å²) in [5.41, 5.74) is 10.6. The number of rotatable bonds is 12. The third kappa shape index (κ3) is 6.42. The van der Waals surface area contributed by atoms with Crippen molar-refractivity contribution in [2.75, 3.05) is 13.7 Å². The maximum Gasteiger partial charge on any atom is 0.354 e. The minimum Gasteiger partial charge on any atom is -0.508 e. The second-order valence-corrected chi connectivity index (χ2v) is 14.4. The number of ether oxygens (including phenoxy) is 1. The molecule has 3 heterocycles. The predicted molar refractivity (Wildman–Crippen MR) is 190 cm³/mol. The third-order valence-corrected chi connectivity index (χ3v) is 11.5. The first-order valence-electron chi connectivity index (χ1n) is 15.7. The van der Waals surface area contributed by atoms with Crippen molar-refractivity contribution in [2.45, 2.75) is 61.2 Å². The standard InChI is InChI=1S/C35H40ClN5O4S2/c1-20-31(32-28(36)12-11-27-26(10-7-13-42)34(35(44)45-5)39(2)33(27)32)29(38-40(20)3)19-46-17-22-15-23(41(4)37-22)18-47-30-16-24(43)14-21-8-6-9-25(21)30/h11-12,14-16,42-43H,6-10,13,17-19H2,1-5H3. The summed E-state index contributed by atoms with van der Waals surface area (Å²) >= 11 is 10.5. The molecule has 5 aromatic rings. The van der Waals surface area contributed by atoms with Crippen LogP contribution in [0.5, 0.6) is 5.75 Å². The fraction of sp³-hybridized carbons (Fsp3) is 0.400. The number of thioether (sulfide) groups is 2. The molecule has 3 aromatic heterocycles. The van der Waals surface area contributed by atoms with Crippen molar-refractivity contribution in [1.29, 1.82) is 0 Å². The minimum absolute atomic E-state index is 0.0243. The van der Waals surface area contributed by atoms with Gasteiger partial charge in [-0.2, -0.15) is 10.2 Å². The Hall–Kier alpha value is -3.38. The number of aliphatic hydroxyl groups is 1. The lowest BCUT2D eigenvalue weighted by Crippen LogP contribution is -2.10. The number of phenols is 1. The molecular formula is C35H40ClN5O4S2. The highest BCUT2D eigenvalue weighted by Gasteiger charge is 2.27. The number of carbonyl (C=O) groups is 1. The summed E-state index contributed by atoms with van der Waals surface area (Å²) in [5.74, 6) is 2.06. The average Bonchev–Trinajstić information content (AvgIpc) is 3.79. The van der Waals surface area contributed by atoms with Crippen LogP contribution in [-0.4, -0.2) is 54.0 Å². The Labute approximate surface area is 288 Å². The molecule has 0 saturated heterocycles. The van der Waals surface area contributed by atoms with E-state index in [0.717, 1.165) is 81.1 Å². The summed E-state index contributed by atoms with van der Waals surface area (Å²) in [7, 11) is 7.16.